The number of aliphatic hydroxyl groups excluding tert-OH is 2. The third-order valence-corrected chi connectivity index (χ3v) is 6.89. The molecule has 5 atom stereocenters. The van der Waals surface area contributed by atoms with Crippen LogP contribution in [0.1, 0.15) is 72.6 Å². The molecule has 1 fully saturated rings. The number of hydrogen-bond donors (Lipinski definition) is 2. The molecule has 0 aromatic carbocycles. The van der Waals surface area contributed by atoms with Gasteiger partial charge in [-0.3, -0.25) is 4.90 Å². The zero-order valence-electron chi connectivity index (χ0n) is 19.4. The minimum atomic E-state index is -0.374. The van der Waals surface area contributed by atoms with Gasteiger partial charge < -0.3 is 14.9 Å². The normalized spacial score (nSPS) is 28.3. The first-order valence-corrected chi connectivity index (χ1v) is 11.8. The molecule has 29 heavy (non-hydrogen) atoms. The minimum absolute atomic E-state index is 0.177. The van der Waals surface area contributed by atoms with Gasteiger partial charge in [-0.25, -0.2) is 0 Å². The number of allylic oxidation sites excluding steroid dienone is 1. The van der Waals surface area contributed by atoms with Crippen LogP contribution in [0.5, 0.6) is 0 Å². The Kier molecular flexibility index (Phi) is 9.87. The van der Waals surface area contributed by atoms with Crippen molar-refractivity contribution in [2.45, 2.75) is 90.4 Å². The van der Waals surface area contributed by atoms with Crippen molar-refractivity contribution in [3.05, 3.63) is 23.8 Å². The summed E-state index contributed by atoms with van der Waals surface area (Å²) in [5.41, 5.74) is 1.67. The fraction of sp³-hybridized carbons (Fsp3) is 0.840. The molecule has 0 unspecified atom stereocenters. The zero-order valence-corrected chi connectivity index (χ0v) is 19.4. The summed E-state index contributed by atoms with van der Waals surface area (Å²) in [5, 5.41) is 20.6. The van der Waals surface area contributed by atoms with Crippen LogP contribution in [0.4, 0.5) is 0 Å². The van der Waals surface area contributed by atoms with Gasteiger partial charge in [-0.1, -0.05) is 50.0 Å². The number of aliphatic hydroxyl groups is 2. The Morgan fingerprint density at radius 2 is 2.03 bits per heavy atom. The van der Waals surface area contributed by atoms with E-state index in [1.165, 1.54) is 18.4 Å². The summed E-state index contributed by atoms with van der Waals surface area (Å²) in [6.45, 7) is 11.3. The lowest BCUT2D eigenvalue weighted by atomic mass is 9.88. The summed E-state index contributed by atoms with van der Waals surface area (Å²) >= 11 is 0. The topological polar surface area (TPSA) is 52.9 Å². The second-order valence-electron chi connectivity index (χ2n) is 10.1. The molecule has 0 aromatic rings. The number of rotatable bonds is 12. The highest BCUT2D eigenvalue weighted by Gasteiger charge is 2.43. The first kappa shape index (κ1) is 24.6. The standard InChI is InChI=1S/C25H45NO3/c1-6-7-8-9-21(27)10-11-22-23-17-19(16-20(23)18-24(22)28)12-14-29-15-13-26(5)25(2,3)4/h10-11,16,20-24,27-28H,6-9,12-15,17-18H2,1-5H3/t20-,21-,22+,23-,24+/m0/s1. The Labute approximate surface area is 179 Å². The predicted octanol–water partition coefficient (Wildman–Crippen LogP) is 4.56. The second-order valence-corrected chi connectivity index (χ2v) is 10.1. The van der Waals surface area contributed by atoms with Crippen LogP contribution >= 0.6 is 0 Å². The van der Waals surface area contributed by atoms with Crippen molar-refractivity contribution < 1.29 is 14.9 Å². The Bertz CT molecular complexity index is 537. The van der Waals surface area contributed by atoms with Gasteiger partial charge in [-0.05, 0) is 65.3 Å². The van der Waals surface area contributed by atoms with Crippen molar-refractivity contribution in [3.8, 4) is 0 Å². The molecule has 0 saturated heterocycles. The summed E-state index contributed by atoms with van der Waals surface area (Å²) in [4.78, 5) is 2.32. The zero-order chi connectivity index (χ0) is 21.4. The molecule has 0 heterocycles. The quantitative estimate of drug-likeness (QED) is 0.368. The largest absolute Gasteiger partial charge is 0.392 e. The van der Waals surface area contributed by atoms with E-state index in [4.69, 9.17) is 4.74 Å². The van der Waals surface area contributed by atoms with Crippen LogP contribution < -0.4 is 0 Å². The smallest absolute Gasteiger partial charge is 0.0721 e. The Hall–Kier alpha value is -0.680. The first-order chi connectivity index (χ1) is 13.7. The van der Waals surface area contributed by atoms with Gasteiger partial charge in [0.15, 0.2) is 0 Å². The summed E-state index contributed by atoms with van der Waals surface area (Å²) in [7, 11) is 2.14. The van der Waals surface area contributed by atoms with E-state index in [9.17, 15) is 10.2 Å². The maximum Gasteiger partial charge on any atom is 0.0721 e. The van der Waals surface area contributed by atoms with Crippen LogP contribution in [-0.4, -0.2) is 59.7 Å². The van der Waals surface area contributed by atoms with Gasteiger partial charge in [-0.15, -0.1) is 0 Å². The summed E-state index contributed by atoms with van der Waals surface area (Å²) in [6.07, 6.45) is 12.9. The minimum Gasteiger partial charge on any atom is -0.392 e. The van der Waals surface area contributed by atoms with Crippen molar-refractivity contribution >= 4 is 0 Å². The maximum atomic E-state index is 10.5. The molecule has 2 N–H and O–H groups in total. The summed E-state index contributed by atoms with van der Waals surface area (Å²) in [5.74, 6) is 1.15. The molecule has 0 radical (unpaired) electrons. The van der Waals surface area contributed by atoms with Crippen LogP contribution in [-0.2, 0) is 4.74 Å². The third kappa shape index (κ3) is 7.82. The lowest BCUT2D eigenvalue weighted by molar-refractivity contribution is 0.0820. The summed E-state index contributed by atoms with van der Waals surface area (Å²) in [6, 6.07) is 0. The molecule has 1 saturated carbocycles. The average Bonchev–Trinajstić information content (AvgIpc) is 3.15. The Morgan fingerprint density at radius 1 is 1.28 bits per heavy atom. The van der Waals surface area contributed by atoms with E-state index in [0.29, 0.717) is 11.8 Å². The second kappa shape index (κ2) is 11.6. The maximum absolute atomic E-state index is 10.5. The van der Waals surface area contributed by atoms with Gasteiger partial charge in [-0.2, -0.15) is 0 Å². The number of hydrogen-bond acceptors (Lipinski definition) is 4. The SMILES string of the molecule is CCCCC[C@H](O)C=C[C@@H]1[C@H]2CC(CCOCCN(C)C(C)(C)C)=C[C@H]2C[C@H]1O. The number of ether oxygens (including phenoxy) is 1. The van der Waals surface area contributed by atoms with Crippen molar-refractivity contribution in [2.75, 3.05) is 26.8 Å². The highest BCUT2D eigenvalue weighted by molar-refractivity contribution is 5.21. The molecule has 2 rings (SSSR count). The average molecular weight is 408 g/mol. The lowest BCUT2D eigenvalue weighted by Crippen LogP contribution is -2.40. The molecule has 0 aliphatic heterocycles. The number of nitrogens with zero attached hydrogens (tertiary/aromatic N) is 1. The van der Waals surface area contributed by atoms with Crippen molar-refractivity contribution in [1.82, 2.24) is 4.90 Å². The molecule has 0 amide bonds. The van der Waals surface area contributed by atoms with E-state index in [1.54, 1.807) is 0 Å². The first-order valence-electron chi connectivity index (χ1n) is 11.8. The van der Waals surface area contributed by atoms with Gasteiger partial charge >= 0.3 is 0 Å². The van der Waals surface area contributed by atoms with Gasteiger partial charge in [0.05, 0.1) is 25.4 Å². The van der Waals surface area contributed by atoms with Gasteiger partial charge in [0.2, 0.25) is 0 Å². The van der Waals surface area contributed by atoms with E-state index in [1.807, 2.05) is 6.08 Å². The Morgan fingerprint density at radius 3 is 2.72 bits per heavy atom. The van der Waals surface area contributed by atoms with E-state index in [0.717, 1.165) is 51.9 Å². The fourth-order valence-electron chi connectivity index (χ4n) is 4.59. The molecule has 4 nitrogen and oxygen atoms in total. The number of likely N-dealkylation sites (N-methyl/N-ethyl adjacent to an activating group) is 1. The molecule has 168 valence electrons. The van der Waals surface area contributed by atoms with Crippen LogP contribution in [0.25, 0.3) is 0 Å². The number of unbranched alkanes of at least 4 members (excludes halogenated alkanes) is 2. The molecule has 4 heteroatoms. The molecule has 2 aliphatic carbocycles. The monoisotopic (exact) mass is 407 g/mol. The molecular formula is C25H45NO3. The molecule has 0 aromatic heterocycles. The number of fused-ring (bicyclic) bond motifs is 1. The van der Waals surface area contributed by atoms with E-state index in [2.05, 4.69) is 51.8 Å². The van der Waals surface area contributed by atoms with Crippen LogP contribution in [0.15, 0.2) is 23.8 Å². The fourth-order valence-corrected chi connectivity index (χ4v) is 4.59. The highest BCUT2D eigenvalue weighted by atomic mass is 16.5. The molecule has 0 bridgehead atoms. The lowest BCUT2D eigenvalue weighted by Gasteiger charge is -2.31. The third-order valence-electron chi connectivity index (χ3n) is 6.89. The van der Waals surface area contributed by atoms with Gasteiger partial charge in [0, 0.05) is 18.0 Å². The van der Waals surface area contributed by atoms with E-state index >= 15 is 0 Å². The van der Waals surface area contributed by atoms with Gasteiger partial charge in [0.25, 0.3) is 0 Å². The van der Waals surface area contributed by atoms with Crippen molar-refractivity contribution in [3.63, 3.8) is 0 Å². The van der Waals surface area contributed by atoms with Gasteiger partial charge in [0.1, 0.15) is 0 Å². The van der Waals surface area contributed by atoms with Crippen molar-refractivity contribution in [1.29, 1.82) is 0 Å². The molecular weight excluding hydrogens is 362 g/mol. The van der Waals surface area contributed by atoms with Crippen LogP contribution in [0.2, 0.25) is 0 Å². The van der Waals surface area contributed by atoms with Crippen LogP contribution in [0.3, 0.4) is 0 Å². The van der Waals surface area contributed by atoms with Crippen molar-refractivity contribution in [2.24, 2.45) is 17.8 Å². The summed E-state index contributed by atoms with van der Waals surface area (Å²) < 4.78 is 5.88. The molecule has 2 aliphatic rings. The highest BCUT2D eigenvalue weighted by Crippen LogP contribution is 2.47. The predicted molar refractivity (Wildman–Crippen MR) is 121 cm³/mol. The van der Waals surface area contributed by atoms with E-state index < -0.39 is 0 Å². The van der Waals surface area contributed by atoms with E-state index in [-0.39, 0.29) is 23.7 Å². The Balaban J connectivity index is 1.71. The van der Waals surface area contributed by atoms with Crippen LogP contribution in [0, 0.1) is 17.8 Å². The molecule has 0 spiro atoms.